The molecule has 0 unspecified atom stereocenters. The average Bonchev–Trinajstić information content (AvgIpc) is 3.37. The van der Waals surface area contributed by atoms with Crippen LogP contribution in [0.4, 0.5) is 0 Å². The molecule has 0 fully saturated rings. The number of rotatable bonds is 6. The van der Waals surface area contributed by atoms with Crippen LogP contribution in [0.15, 0.2) is 100 Å². The van der Waals surface area contributed by atoms with E-state index in [1.165, 1.54) is 6.07 Å². The minimum atomic E-state index is -0.573. The van der Waals surface area contributed by atoms with Gasteiger partial charge in [-0.1, -0.05) is 48.5 Å². The summed E-state index contributed by atoms with van der Waals surface area (Å²) in [5.41, 5.74) is 7.77. The van der Waals surface area contributed by atoms with Crippen LogP contribution >= 0.6 is 0 Å². The highest BCUT2D eigenvalue weighted by Gasteiger charge is 2.19. The van der Waals surface area contributed by atoms with Crippen LogP contribution < -0.4 is 21.2 Å². The molecule has 2 aromatic heterocycles. The van der Waals surface area contributed by atoms with Crippen molar-refractivity contribution in [3.8, 4) is 22.7 Å². The number of ether oxygens (including phenoxy) is 1. The van der Waals surface area contributed by atoms with Crippen molar-refractivity contribution >= 4 is 22.8 Å². The molecule has 0 saturated carbocycles. The molecule has 2 amide bonds. The molecule has 37 heavy (non-hydrogen) atoms. The van der Waals surface area contributed by atoms with Gasteiger partial charge in [-0.2, -0.15) is 5.10 Å². The van der Waals surface area contributed by atoms with Gasteiger partial charge in [0.25, 0.3) is 11.8 Å². The number of nitrogens with zero attached hydrogens (tertiary/aromatic N) is 2. The second-order valence-electron chi connectivity index (χ2n) is 8.23. The Balaban J connectivity index is 1.27. The number of aryl methyl sites for hydroxylation is 1. The second kappa shape index (κ2) is 10.2. The molecule has 9 nitrogen and oxygen atoms in total. The minimum absolute atomic E-state index is 0.288. The Hall–Kier alpha value is -5.18. The molecule has 2 heterocycles. The highest BCUT2D eigenvalue weighted by Crippen LogP contribution is 2.24. The number of aromatic nitrogens is 2. The van der Waals surface area contributed by atoms with Crippen molar-refractivity contribution in [1.29, 1.82) is 0 Å². The quantitative estimate of drug-likeness (QED) is 0.274. The molecule has 0 atom stereocenters. The molecule has 3 aromatic carbocycles. The number of carbonyl (C=O) groups is 2. The molecule has 184 valence electrons. The van der Waals surface area contributed by atoms with Crippen LogP contribution in [0.2, 0.25) is 0 Å². The summed E-state index contributed by atoms with van der Waals surface area (Å²) in [6, 6.07) is 25.1. The van der Waals surface area contributed by atoms with Crippen molar-refractivity contribution in [3.05, 3.63) is 113 Å². The lowest BCUT2D eigenvalue weighted by molar-refractivity contribution is -0.123. The standard InChI is InChI=1S/C28H22N4O5/c1-18-14-26(34)37-24-15-21(12-13-22(18)24)36-17-25(33)29-30-28(35)23-16-32(20-10-6-3-7-11-20)31-27(23)19-8-4-2-5-9-19/h2-16H,17H2,1H3,(H,29,33)(H,30,35). The molecule has 0 aliphatic heterocycles. The van der Waals surface area contributed by atoms with Crippen LogP contribution in [-0.4, -0.2) is 28.2 Å². The molecule has 0 aliphatic carbocycles. The first-order chi connectivity index (χ1) is 18.0. The van der Waals surface area contributed by atoms with E-state index < -0.39 is 17.4 Å². The van der Waals surface area contributed by atoms with Gasteiger partial charge >= 0.3 is 5.63 Å². The molecule has 0 spiro atoms. The molecule has 0 bridgehead atoms. The SMILES string of the molecule is Cc1cc(=O)oc2cc(OCC(=O)NNC(=O)c3cn(-c4ccccc4)nc3-c3ccccc3)ccc12. The van der Waals surface area contributed by atoms with Gasteiger partial charge < -0.3 is 9.15 Å². The van der Waals surface area contributed by atoms with Crippen LogP contribution in [0.3, 0.4) is 0 Å². The molecule has 2 N–H and O–H groups in total. The zero-order valence-corrected chi connectivity index (χ0v) is 19.8. The number of amides is 2. The highest BCUT2D eigenvalue weighted by atomic mass is 16.5. The number of carbonyl (C=O) groups excluding carboxylic acids is 2. The Morgan fingerprint density at radius 1 is 0.946 bits per heavy atom. The highest BCUT2D eigenvalue weighted by molar-refractivity contribution is 6.00. The second-order valence-corrected chi connectivity index (χ2v) is 8.23. The number of benzene rings is 3. The Labute approximate surface area is 211 Å². The molecular formula is C28H22N4O5. The summed E-state index contributed by atoms with van der Waals surface area (Å²) in [6.07, 6.45) is 1.61. The van der Waals surface area contributed by atoms with Gasteiger partial charge in [-0.3, -0.25) is 20.4 Å². The van der Waals surface area contributed by atoms with Gasteiger partial charge in [0.05, 0.1) is 11.3 Å². The lowest BCUT2D eigenvalue weighted by atomic mass is 10.1. The molecule has 0 aliphatic rings. The number of hydrogen-bond acceptors (Lipinski definition) is 6. The maximum Gasteiger partial charge on any atom is 0.336 e. The van der Waals surface area contributed by atoms with Gasteiger partial charge in [0, 0.05) is 29.3 Å². The molecule has 0 radical (unpaired) electrons. The first-order valence-electron chi connectivity index (χ1n) is 11.4. The third-order valence-corrected chi connectivity index (χ3v) is 5.64. The average molecular weight is 495 g/mol. The molecule has 5 rings (SSSR count). The molecule has 9 heteroatoms. The summed E-state index contributed by atoms with van der Waals surface area (Å²) < 4.78 is 12.3. The lowest BCUT2D eigenvalue weighted by Crippen LogP contribution is -2.43. The Morgan fingerprint density at radius 3 is 2.43 bits per heavy atom. The fourth-order valence-corrected chi connectivity index (χ4v) is 3.84. The van der Waals surface area contributed by atoms with Crippen LogP contribution in [0.25, 0.3) is 27.9 Å². The summed E-state index contributed by atoms with van der Waals surface area (Å²) in [6.45, 7) is 1.44. The van der Waals surface area contributed by atoms with E-state index in [0.29, 0.717) is 17.0 Å². The van der Waals surface area contributed by atoms with E-state index in [2.05, 4.69) is 16.0 Å². The van der Waals surface area contributed by atoms with Crippen LogP contribution in [0.1, 0.15) is 15.9 Å². The summed E-state index contributed by atoms with van der Waals surface area (Å²) in [4.78, 5) is 37.0. The Morgan fingerprint density at radius 2 is 1.68 bits per heavy atom. The molecule has 0 saturated heterocycles. The van der Waals surface area contributed by atoms with Gasteiger partial charge in [-0.15, -0.1) is 0 Å². The fraction of sp³-hybridized carbons (Fsp3) is 0.0714. The Kier molecular flexibility index (Phi) is 6.50. The van der Waals surface area contributed by atoms with E-state index in [4.69, 9.17) is 9.15 Å². The van der Waals surface area contributed by atoms with Gasteiger partial charge in [0.2, 0.25) is 0 Å². The largest absolute Gasteiger partial charge is 0.484 e. The molecular weight excluding hydrogens is 472 g/mol. The third kappa shape index (κ3) is 5.25. The number of hydrogen-bond donors (Lipinski definition) is 2. The van der Waals surface area contributed by atoms with Gasteiger partial charge in [0.15, 0.2) is 6.61 Å². The van der Waals surface area contributed by atoms with E-state index in [9.17, 15) is 14.4 Å². The lowest BCUT2D eigenvalue weighted by Gasteiger charge is -2.09. The predicted molar refractivity (Wildman–Crippen MR) is 137 cm³/mol. The van der Waals surface area contributed by atoms with Crippen molar-refractivity contribution in [2.24, 2.45) is 0 Å². The summed E-state index contributed by atoms with van der Waals surface area (Å²) in [5.74, 6) is -0.758. The zero-order chi connectivity index (χ0) is 25.8. The molecule has 5 aromatic rings. The van der Waals surface area contributed by atoms with Gasteiger partial charge in [-0.25, -0.2) is 9.48 Å². The fourth-order valence-electron chi connectivity index (χ4n) is 3.84. The van der Waals surface area contributed by atoms with Crippen LogP contribution in [0, 0.1) is 6.92 Å². The maximum absolute atomic E-state index is 13.0. The summed E-state index contributed by atoms with van der Waals surface area (Å²) >= 11 is 0. The van der Waals surface area contributed by atoms with E-state index in [0.717, 1.165) is 22.2 Å². The summed E-state index contributed by atoms with van der Waals surface area (Å²) in [7, 11) is 0. The topological polar surface area (TPSA) is 115 Å². The zero-order valence-electron chi connectivity index (χ0n) is 19.8. The first kappa shape index (κ1) is 23.6. The predicted octanol–water partition coefficient (Wildman–Crippen LogP) is 3.79. The van der Waals surface area contributed by atoms with E-state index in [1.54, 1.807) is 29.1 Å². The summed E-state index contributed by atoms with van der Waals surface area (Å²) in [5, 5.41) is 5.37. The first-order valence-corrected chi connectivity index (χ1v) is 11.4. The Bertz CT molecular complexity index is 1640. The van der Waals surface area contributed by atoms with E-state index in [1.807, 2.05) is 67.6 Å². The van der Waals surface area contributed by atoms with Crippen molar-refractivity contribution in [1.82, 2.24) is 20.6 Å². The van der Waals surface area contributed by atoms with E-state index in [-0.39, 0.29) is 12.2 Å². The van der Waals surface area contributed by atoms with Crippen molar-refractivity contribution in [2.75, 3.05) is 6.61 Å². The number of para-hydroxylation sites is 1. The monoisotopic (exact) mass is 494 g/mol. The van der Waals surface area contributed by atoms with Crippen LogP contribution in [0.5, 0.6) is 5.75 Å². The number of nitrogens with one attached hydrogen (secondary N) is 2. The van der Waals surface area contributed by atoms with Crippen molar-refractivity contribution in [2.45, 2.75) is 6.92 Å². The van der Waals surface area contributed by atoms with Gasteiger partial charge in [-0.05, 0) is 36.8 Å². The smallest absolute Gasteiger partial charge is 0.336 e. The van der Waals surface area contributed by atoms with Gasteiger partial charge in [0.1, 0.15) is 17.0 Å². The third-order valence-electron chi connectivity index (χ3n) is 5.64. The minimum Gasteiger partial charge on any atom is -0.484 e. The number of fused-ring (bicyclic) bond motifs is 1. The van der Waals surface area contributed by atoms with Crippen molar-refractivity contribution in [3.63, 3.8) is 0 Å². The van der Waals surface area contributed by atoms with Crippen molar-refractivity contribution < 1.29 is 18.7 Å². The number of hydrazine groups is 1. The normalized spacial score (nSPS) is 10.7. The van der Waals surface area contributed by atoms with Crippen LogP contribution in [-0.2, 0) is 4.79 Å². The maximum atomic E-state index is 13.0. The van der Waals surface area contributed by atoms with E-state index >= 15 is 0 Å².